The van der Waals surface area contributed by atoms with E-state index in [1.54, 1.807) is 0 Å². The number of aliphatic hydroxyl groups is 1. The first-order valence-electron chi connectivity index (χ1n) is 8.08. The number of aliphatic hydroxyl groups excluding tert-OH is 1. The summed E-state index contributed by atoms with van der Waals surface area (Å²) in [5.74, 6) is 3.29. The van der Waals surface area contributed by atoms with Crippen molar-refractivity contribution >= 4 is 11.6 Å². The minimum atomic E-state index is -0.225. The van der Waals surface area contributed by atoms with Crippen LogP contribution in [0, 0.1) is 5.41 Å². The maximum absolute atomic E-state index is 9.86. The number of aromatic nitrogens is 2. The largest absolute Gasteiger partial charge is 0.392 e. The lowest BCUT2D eigenvalue weighted by molar-refractivity contribution is -0.0511. The van der Waals surface area contributed by atoms with E-state index < -0.39 is 0 Å². The van der Waals surface area contributed by atoms with Gasteiger partial charge in [-0.25, -0.2) is 9.97 Å². The second kappa shape index (κ2) is 5.44. The topological polar surface area (TPSA) is 70.1 Å². The summed E-state index contributed by atoms with van der Waals surface area (Å²) in [5.41, 5.74) is -0.0955. The van der Waals surface area contributed by atoms with Gasteiger partial charge >= 0.3 is 0 Å². The molecule has 2 unspecified atom stereocenters. The standard InChI is InChI=1S/C16H26N4O/c1-4-7-17-13-9-14(20-15(19-13)10-5-6-10)18-11-8-12(21)16(11,2)3/h9-12,21H,4-8H2,1-3H3,(H2,17,18,19,20). The summed E-state index contributed by atoms with van der Waals surface area (Å²) in [7, 11) is 0. The van der Waals surface area contributed by atoms with E-state index in [4.69, 9.17) is 0 Å². The molecule has 1 aromatic heterocycles. The Balaban J connectivity index is 1.75. The third kappa shape index (κ3) is 2.98. The van der Waals surface area contributed by atoms with Crippen LogP contribution < -0.4 is 10.6 Å². The van der Waals surface area contributed by atoms with Crippen molar-refractivity contribution in [3.8, 4) is 0 Å². The molecule has 3 N–H and O–H groups in total. The molecule has 0 aliphatic heterocycles. The molecule has 1 aromatic rings. The number of rotatable bonds is 6. The lowest BCUT2D eigenvalue weighted by atomic mass is 9.64. The smallest absolute Gasteiger partial charge is 0.136 e. The van der Waals surface area contributed by atoms with Crippen molar-refractivity contribution in [3.63, 3.8) is 0 Å². The molecule has 2 fully saturated rings. The van der Waals surface area contributed by atoms with Crippen molar-refractivity contribution < 1.29 is 5.11 Å². The molecule has 3 rings (SSSR count). The number of hydrogen-bond acceptors (Lipinski definition) is 5. The molecule has 2 saturated carbocycles. The molecule has 2 atom stereocenters. The van der Waals surface area contributed by atoms with E-state index in [1.165, 1.54) is 12.8 Å². The summed E-state index contributed by atoms with van der Waals surface area (Å²) in [4.78, 5) is 9.30. The molecule has 0 saturated heterocycles. The average Bonchev–Trinajstić information content (AvgIpc) is 3.29. The Morgan fingerprint density at radius 3 is 2.57 bits per heavy atom. The van der Waals surface area contributed by atoms with E-state index in [2.05, 4.69) is 41.4 Å². The van der Waals surface area contributed by atoms with Crippen LogP contribution in [-0.4, -0.2) is 33.8 Å². The van der Waals surface area contributed by atoms with Crippen LogP contribution in [0.4, 0.5) is 11.6 Å². The molecule has 0 spiro atoms. The van der Waals surface area contributed by atoms with Gasteiger partial charge < -0.3 is 15.7 Å². The molecule has 5 nitrogen and oxygen atoms in total. The van der Waals surface area contributed by atoms with Gasteiger partial charge in [0.15, 0.2) is 0 Å². The molecule has 0 aromatic carbocycles. The zero-order valence-electron chi connectivity index (χ0n) is 13.2. The molecule has 5 heteroatoms. The van der Waals surface area contributed by atoms with Crippen LogP contribution in [0.5, 0.6) is 0 Å². The monoisotopic (exact) mass is 290 g/mol. The number of nitrogens with zero attached hydrogens (tertiary/aromatic N) is 2. The van der Waals surface area contributed by atoms with Gasteiger partial charge in [-0.3, -0.25) is 0 Å². The van der Waals surface area contributed by atoms with E-state index in [9.17, 15) is 5.11 Å². The van der Waals surface area contributed by atoms with E-state index in [0.29, 0.717) is 5.92 Å². The first kappa shape index (κ1) is 14.6. The second-order valence-electron chi connectivity index (χ2n) is 6.97. The predicted molar refractivity (Wildman–Crippen MR) is 84.6 cm³/mol. The van der Waals surface area contributed by atoms with Crippen molar-refractivity contribution in [1.29, 1.82) is 0 Å². The lowest BCUT2D eigenvalue weighted by Gasteiger charge is -2.49. The summed E-state index contributed by atoms with van der Waals surface area (Å²) >= 11 is 0. The first-order chi connectivity index (χ1) is 10.0. The van der Waals surface area contributed by atoms with Crippen LogP contribution >= 0.6 is 0 Å². The molecule has 2 aliphatic rings. The normalized spacial score (nSPS) is 27.0. The van der Waals surface area contributed by atoms with Gasteiger partial charge in [0.05, 0.1) is 6.10 Å². The van der Waals surface area contributed by atoms with Gasteiger partial charge in [0.25, 0.3) is 0 Å². The van der Waals surface area contributed by atoms with Gasteiger partial charge in [0, 0.05) is 30.0 Å². The van der Waals surface area contributed by atoms with Gasteiger partial charge in [-0.15, -0.1) is 0 Å². The fourth-order valence-electron chi connectivity index (χ4n) is 2.73. The maximum Gasteiger partial charge on any atom is 0.136 e. The summed E-state index contributed by atoms with van der Waals surface area (Å²) in [6.45, 7) is 7.26. The third-order valence-electron chi connectivity index (χ3n) is 4.78. The SMILES string of the molecule is CCCNc1cc(NC2CC(O)C2(C)C)nc(C2CC2)n1. The summed E-state index contributed by atoms with van der Waals surface area (Å²) in [6.07, 6.45) is 4.03. The molecule has 0 bridgehead atoms. The molecule has 0 radical (unpaired) electrons. The number of anilines is 2. The summed E-state index contributed by atoms with van der Waals surface area (Å²) in [5, 5.41) is 16.7. The molecule has 2 aliphatic carbocycles. The quantitative estimate of drug-likeness (QED) is 0.751. The Kier molecular flexibility index (Phi) is 3.78. The number of nitrogens with one attached hydrogen (secondary N) is 2. The van der Waals surface area contributed by atoms with Crippen molar-refractivity contribution in [2.24, 2.45) is 5.41 Å². The van der Waals surface area contributed by atoms with Crippen molar-refractivity contribution in [2.75, 3.05) is 17.2 Å². The van der Waals surface area contributed by atoms with Crippen LogP contribution in [0.1, 0.15) is 58.2 Å². The molecular weight excluding hydrogens is 264 g/mol. The number of hydrogen-bond donors (Lipinski definition) is 3. The fourth-order valence-corrected chi connectivity index (χ4v) is 2.73. The van der Waals surface area contributed by atoms with E-state index in [-0.39, 0.29) is 17.6 Å². The Hall–Kier alpha value is -1.36. The van der Waals surface area contributed by atoms with E-state index in [0.717, 1.165) is 36.8 Å². The van der Waals surface area contributed by atoms with Gasteiger partial charge in [0.1, 0.15) is 17.5 Å². The minimum absolute atomic E-state index is 0.0955. The van der Waals surface area contributed by atoms with Gasteiger partial charge in [-0.05, 0) is 25.7 Å². The van der Waals surface area contributed by atoms with Crippen LogP contribution in [0.2, 0.25) is 0 Å². The van der Waals surface area contributed by atoms with Crippen molar-refractivity contribution in [3.05, 3.63) is 11.9 Å². The third-order valence-corrected chi connectivity index (χ3v) is 4.78. The zero-order chi connectivity index (χ0) is 15.0. The van der Waals surface area contributed by atoms with Gasteiger partial charge in [-0.1, -0.05) is 20.8 Å². The zero-order valence-corrected chi connectivity index (χ0v) is 13.2. The first-order valence-corrected chi connectivity index (χ1v) is 8.08. The highest BCUT2D eigenvalue weighted by molar-refractivity contribution is 5.49. The highest BCUT2D eigenvalue weighted by Gasteiger charge is 2.47. The highest BCUT2D eigenvalue weighted by Crippen LogP contribution is 2.43. The van der Waals surface area contributed by atoms with Crippen LogP contribution in [0.25, 0.3) is 0 Å². The average molecular weight is 290 g/mol. The Morgan fingerprint density at radius 2 is 2.00 bits per heavy atom. The fraction of sp³-hybridized carbons (Fsp3) is 0.750. The molecule has 116 valence electrons. The molecule has 0 amide bonds. The Bertz CT molecular complexity index is 513. The van der Waals surface area contributed by atoms with E-state index in [1.807, 2.05) is 6.07 Å². The Morgan fingerprint density at radius 1 is 1.29 bits per heavy atom. The van der Waals surface area contributed by atoms with Crippen molar-refractivity contribution in [1.82, 2.24) is 9.97 Å². The van der Waals surface area contributed by atoms with Crippen LogP contribution in [-0.2, 0) is 0 Å². The lowest BCUT2D eigenvalue weighted by Crippen LogP contribution is -2.57. The summed E-state index contributed by atoms with van der Waals surface area (Å²) in [6, 6.07) is 2.26. The molecule has 1 heterocycles. The van der Waals surface area contributed by atoms with E-state index >= 15 is 0 Å². The van der Waals surface area contributed by atoms with Crippen LogP contribution in [0.3, 0.4) is 0 Å². The summed E-state index contributed by atoms with van der Waals surface area (Å²) < 4.78 is 0. The minimum Gasteiger partial charge on any atom is -0.392 e. The second-order valence-corrected chi connectivity index (χ2v) is 6.97. The van der Waals surface area contributed by atoms with Crippen LogP contribution in [0.15, 0.2) is 6.07 Å². The Labute approximate surface area is 126 Å². The molecule has 21 heavy (non-hydrogen) atoms. The highest BCUT2D eigenvalue weighted by atomic mass is 16.3. The van der Waals surface area contributed by atoms with Crippen molar-refractivity contribution in [2.45, 2.75) is 64.5 Å². The van der Waals surface area contributed by atoms with Gasteiger partial charge in [-0.2, -0.15) is 0 Å². The molecular formula is C16H26N4O. The van der Waals surface area contributed by atoms with Gasteiger partial charge in [0.2, 0.25) is 0 Å². The maximum atomic E-state index is 9.86. The predicted octanol–water partition coefficient (Wildman–Crippen LogP) is 2.75.